The van der Waals surface area contributed by atoms with Gasteiger partial charge in [-0.15, -0.1) is 0 Å². The maximum absolute atomic E-state index is 13.5. The molecule has 0 aromatic heterocycles. The smallest absolute Gasteiger partial charge is 0.272 e. The van der Waals surface area contributed by atoms with Crippen molar-refractivity contribution < 1.29 is 14.1 Å². The predicted molar refractivity (Wildman–Crippen MR) is 64.2 cm³/mol. The number of non-ortho nitro benzene ring substituents is 1. The molecule has 1 heterocycles. The van der Waals surface area contributed by atoms with Crippen LogP contribution in [0.3, 0.4) is 0 Å². The van der Waals surface area contributed by atoms with Gasteiger partial charge in [0.2, 0.25) is 0 Å². The topological polar surface area (TPSA) is 64.4 Å². The van der Waals surface area contributed by atoms with Crippen molar-refractivity contribution >= 4 is 5.69 Å². The van der Waals surface area contributed by atoms with Gasteiger partial charge in [-0.3, -0.25) is 10.1 Å². The summed E-state index contributed by atoms with van der Waals surface area (Å²) in [7, 11) is 0. The molecule has 1 aliphatic heterocycles. The average Bonchev–Trinajstić information content (AvgIpc) is 2.84. The number of benzene rings is 1. The average molecular weight is 254 g/mol. The summed E-state index contributed by atoms with van der Waals surface area (Å²) in [5, 5.41) is 13.8. The molecular weight excluding hydrogens is 239 g/mol. The predicted octanol–water partition coefficient (Wildman–Crippen LogP) is 2.25. The van der Waals surface area contributed by atoms with Gasteiger partial charge in [-0.2, -0.15) is 0 Å². The Kier molecular flexibility index (Phi) is 4.09. The van der Waals surface area contributed by atoms with Gasteiger partial charge >= 0.3 is 0 Å². The van der Waals surface area contributed by atoms with Crippen LogP contribution in [0.15, 0.2) is 18.2 Å². The van der Waals surface area contributed by atoms with Crippen LogP contribution in [-0.2, 0) is 0 Å². The van der Waals surface area contributed by atoms with Gasteiger partial charge in [0.25, 0.3) is 5.69 Å². The zero-order valence-electron chi connectivity index (χ0n) is 9.89. The number of hydrogen-bond acceptors (Lipinski definition) is 4. The van der Waals surface area contributed by atoms with Crippen molar-refractivity contribution in [3.05, 3.63) is 34.1 Å². The molecule has 0 spiro atoms. The molecule has 1 atom stereocenters. The summed E-state index contributed by atoms with van der Waals surface area (Å²) < 4.78 is 18.8. The van der Waals surface area contributed by atoms with Crippen LogP contribution >= 0.6 is 0 Å². The minimum Gasteiger partial charge on any atom is -0.490 e. The van der Waals surface area contributed by atoms with E-state index < -0.39 is 10.7 Å². The molecular formula is C12H15FN2O3. The molecule has 1 unspecified atom stereocenters. The van der Waals surface area contributed by atoms with Crippen LogP contribution in [0.1, 0.15) is 19.3 Å². The van der Waals surface area contributed by atoms with Gasteiger partial charge in [0.15, 0.2) is 11.6 Å². The van der Waals surface area contributed by atoms with Gasteiger partial charge in [0, 0.05) is 12.1 Å². The van der Waals surface area contributed by atoms with Gasteiger partial charge in [0.1, 0.15) is 0 Å². The number of nitro benzene ring substituents is 1. The van der Waals surface area contributed by atoms with E-state index in [1.54, 1.807) is 0 Å². The molecule has 0 saturated carbocycles. The van der Waals surface area contributed by atoms with Crippen LogP contribution in [0.2, 0.25) is 0 Å². The lowest BCUT2D eigenvalue weighted by Crippen LogP contribution is -2.23. The maximum atomic E-state index is 13.5. The molecule has 1 aliphatic rings. The molecule has 1 aromatic carbocycles. The van der Waals surface area contributed by atoms with Crippen molar-refractivity contribution in [2.24, 2.45) is 0 Å². The van der Waals surface area contributed by atoms with E-state index >= 15 is 0 Å². The Labute approximate surface area is 104 Å². The van der Waals surface area contributed by atoms with Gasteiger partial charge in [-0.25, -0.2) is 4.39 Å². The number of halogens is 1. The molecule has 5 nitrogen and oxygen atoms in total. The second-order valence-corrected chi connectivity index (χ2v) is 4.30. The van der Waals surface area contributed by atoms with E-state index in [4.69, 9.17) is 4.74 Å². The fourth-order valence-corrected chi connectivity index (χ4v) is 2.03. The summed E-state index contributed by atoms with van der Waals surface area (Å²) in [5.74, 6) is -0.623. The minimum atomic E-state index is -0.691. The number of nitrogens with one attached hydrogen (secondary N) is 1. The van der Waals surface area contributed by atoms with Crippen molar-refractivity contribution in [2.75, 3.05) is 13.2 Å². The number of ether oxygens (including phenoxy) is 1. The Morgan fingerprint density at radius 2 is 2.39 bits per heavy atom. The number of hydrogen-bond donors (Lipinski definition) is 1. The third-order valence-corrected chi connectivity index (χ3v) is 3.01. The van der Waals surface area contributed by atoms with Crippen molar-refractivity contribution in [3.63, 3.8) is 0 Å². The highest BCUT2D eigenvalue weighted by atomic mass is 19.1. The van der Waals surface area contributed by atoms with Crippen LogP contribution in [0.4, 0.5) is 10.1 Å². The van der Waals surface area contributed by atoms with Crippen molar-refractivity contribution in [1.29, 1.82) is 0 Å². The summed E-state index contributed by atoms with van der Waals surface area (Å²) in [5.41, 5.74) is -0.266. The summed E-state index contributed by atoms with van der Waals surface area (Å²) in [6.07, 6.45) is 3.10. The van der Waals surface area contributed by atoms with E-state index in [-0.39, 0.29) is 11.4 Å². The third-order valence-electron chi connectivity index (χ3n) is 3.01. The molecule has 1 aromatic rings. The van der Waals surface area contributed by atoms with Gasteiger partial charge < -0.3 is 10.1 Å². The highest BCUT2D eigenvalue weighted by Crippen LogP contribution is 2.22. The normalized spacial score (nSPS) is 18.8. The van der Waals surface area contributed by atoms with E-state index in [0.717, 1.165) is 31.9 Å². The largest absolute Gasteiger partial charge is 0.490 e. The van der Waals surface area contributed by atoms with E-state index in [2.05, 4.69) is 5.32 Å². The summed E-state index contributed by atoms with van der Waals surface area (Å²) in [6.45, 7) is 1.43. The zero-order chi connectivity index (χ0) is 13.0. The monoisotopic (exact) mass is 254 g/mol. The Balaban J connectivity index is 1.87. The molecule has 0 aliphatic carbocycles. The minimum absolute atomic E-state index is 0.0681. The standard InChI is InChI=1S/C12H15FN2O3/c13-11-8-10(15(16)17)3-4-12(11)18-7-5-9-2-1-6-14-9/h3-4,8-9,14H,1-2,5-7H2. The SMILES string of the molecule is O=[N+]([O-])c1ccc(OCCC2CCCN2)c(F)c1. The summed E-state index contributed by atoms with van der Waals surface area (Å²) >= 11 is 0. The number of nitrogens with zero attached hydrogens (tertiary/aromatic N) is 1. The molecule has 6 heteroatoms. The third kappa shape index (κ3) is 3.16. The first-order chi connectivity index (χ1) is 8.66. The first-order valence-electron chi connectivity index (χ1n) is 5.97. The van der Waals surface area contributed by atoms with E-state index in [1.807, 2.05) is 0 Å². The summed E-state index contributed by atoms with van der Waals surface area (Å²) in [4.78, 5) is 9.81. The molecule has 0 amide bonds. The summed E-state index contributed by atoms with van der Waals surface area (Å²) in [6, 6.07) is 3.86. The van der Waals surface area contributed by atoms with Gasteiger partial charge in [0.05, 0.1) is 17.6 Å². The molecule has 1 saturated heterocycles. The van der Waals surface area contributed by atoms with Crippen LogP contribution in [0.25, 0.3) is 0 Å². The first kappa shape index (κ1) is 12.8. The van der Waals surface area contributed by atoms with Crippen molar-refractivity contribution in [3.8, 4) is 5.75 Å². The van der Waals surface area contributed by atoms with Crippen molar-refractivity contribution in [1.82, 2.24) is 5.32 Å². The number of rotatable bonds is 5. The van der Waals surface area contributed by atoms with E-state index in [9.17, 15) is 14.5 Å². The van der Waals surface area contributed by atoms with Crippen LogP contribution in [-0.4, -0.2) is 24.1 Å². The lowest BCUT2D eigenvalue weighted by atomic mass is 10.2. The Hall–Kier alpha value is -1.69. The second kappa shape index (κ2) is 5.77. The van der Waals surface area contributed by atoms with Gasteiger partial charge in [-0.1, -0.05) is 0 Å². The molecule has 2 rings (SSSR count). The van der Waals surface area contributed by atoms with Crippen LogP contribution < -0.4 is 10.1 Å². The van der Waals surface area contributed by atoms with E-state index in [1.165, 1.54) is 12.1 Å². The Morgan fingerprint density at radius 1 is 1.56 bits per heavy atom. The first-order valence-corrected chi connectivity index (χ1v) is 5.97. The lowest BCUT2D eigenvalue weighted by molar-refractivity contribution is -0.385. The van der Waals surface area contributed by atoms with Gasteiger partial charge in [-0.05, 0) is 31.9 Å². The second-order valence-electron chi connectivity index (χ2n) is 4.30. The quantitative estimate of drug-likeness (QED) is 0.646. The highest BCUT2D eigenvalue weighted by molar-refractivity contribution is 5.37. The molecule has 0 radical (unpaired) electrons. The molecule has 0 bridgehead atoms. The fraction of sp³-hybridized carbons (Fsp3) is 0.500. The maximum Gasteiger partial charge on any atom is 0.272 e. The molecule has 1 fully saturated rings. The van der Waals surface area contributed by atoms with Crippen molar-refractivity contribution in [2.45, 2.75) is 25.3 Å². The molecule has 98 valence electrons. The lowest BCUT2D eigenvalue weighted by Gasteiger charge is -2.11. The molecule has 18 heavy (non-hydrogen) atoms. The Morgan fingerprint density at radius 3 is 3.00 bits per heavy atom. The Bertz CT molecular complexity index is 433. The van der Waals surface area contributed by atoms with Crippen LogP contribution in [0, 0.1) is 15.9 Å². The molecule has 1 N–H and O–H groups in total. The van der Waals surface area contributed by atoms with Crippen LogP contribution in [0.5, 0.6) is 5.75 Å². The zero-order valence-corrected chi connectivity index (χ0v) is 9.89. The number of nitro groups is 1. The fourth-order valence-electron chi connectivity index (χ4n) is 2.03. The van der Waals surface area contributed by atoms with E-state index in [0.29, 0.717) is 12.6 Å². The highest BCUT2D eigenvalue weighted by Gasteiger charge is 2.15.